The van der Waals surface area contributed by atoms with Crippen molar-refractivity contribution in [3.8, 4) is 0 Å². The van der Waals surface area contributed by atoms with Gasteiger partial charge in [-0.3, -0.25) is 9.59 Å². The van der Waals surface area contributed by atoms with Crippen LogP contribution in [0.5, 0.6) is 0 Å². The number of carbonyl (C=O) groups is 2. The number of hydrazone groups is 1. The summed E-state index contributed by atoms with van der Waals surface area (Å²) >= 11 is 0. The average Bonchev–Trinajstić information content (AvgIpc) is 2.82. The van der Waals surface area contributed by atoms with Crippen molar-refractivity contribution in [1.82, 2.24) is 5.43 Å². The predicted molar refractivity (Wildman–Crippen MR) is 117 cm³/mol. The lowest BCUT2D eigenvalue weighted by Gasteiger charge is -2.27. The number of hydrogen-bond donors (Lipinski definition) is 3. The molecule has 0 unspecified atom stereocenters. The molecule has 0 aliphatic carbocycles. The number of hydrogen-bond acceptors (Lipinski definition) is 4. The highest BCUT2D eigenvalue weighted by Crippen LogP contribution is 2.30. The number of amides is 2. The van der Waals surface area contributed by atoms with Gasteiger partial charge in [-0.05, 0) is 35.7 Å². The summed E-state index contributed by atoms with van der Waals surface area (Å²) in [5.74, 6) is -2.92. The first kappa shape index (κ1) is 23.7. The van der Waals surface area contributed by atoms with Gasteiger partial charge in [0.2, 0.25) is 0 Å². The molecular weight excluding hydrogens is 435 g/mol. The van der Waals surface area contributed by atoms with Gasteiger partial charge in [-0.25, -0.2) is 5.43 Å². The third-order valence-corrected chi connectivity index (χ3v) is 4.83. The van der Waals surface area contributed by atoms with Crippen LogP contribution in [0.25, 0.3) is 0 Å². The number of nitrogens with one attached hydrogen (secondary N) is 2. The Labute approximate surface area is 187 Å². The zero-order valence-electron chi connectivity index (χ0n) is 17.4. The SMILES string of the molecule is CC(=NNC(=O)C(O)(c1ccccc1)c1ccccc1)c1cccc(NC(=O)C(F)(F)F)c1. The Kier molecular flexibility index (Phi) is 6.93. The minimum Gasteiger partial charge on any atom is -0.372 e. The summed E-state index contributed by atoms with van der Waals surface area (Å²) in [6.07, 6.45) is -5.02. The molecule has 0 fully saturated rings. The van der Waals surface area contributed by atoms with Gasteiger partial charge in [-0.2, -0.15) is 18.3 Å². The van der Waals surface area contributed by atoms with Gasteiger partial charge in [0.15, 0.2) is 5.60 Å². The normalized spacial score (nSPS) is 12.2. The van der Waals surface area contributed by atoms with Crippen molar-refractivity contribution in [2.24, 2.45) is 5.10 Å². The van der Waals surface area contributed by atoms with Crippen LogP contribution < -0.4 is 10.7 Å². The van der Waals surface area contributed by atoms with Gasteiger partial charge in [-0.15, -0.1) is 0 Å². The number of rotatable bonds is 6. The molecule has 0 aliphatic rings. The molecule has 0 saturated carbocycles. The van der Waals surface area contributed by atoms with Crippen LogP contribution in [0.4, 0.5) is 18.9 Å². The Hall–Kier alpha value is -3.98. The van der Waals surface area contributed by atoms with Crippen LogP contribution in [0.3, 0.4) is 0 Å². The fourth-order valence-corrected chi connectivity index (χ4v) is 3.09. The van der Waals surface area contributed by atoms with Gasteiger partial charge in [0.05, 0.1) is 5.71 Å². The average molecular weight is 455 g/mol. The van der Waals surface area contributed by atoms with Crippen molar-refractivity contribution in [2.75, 3.05) is 5.32 Å². The zero-order chi connectivity index (χ0) is 24.1. The summed E-state index contributed by atoms with van der Waals surface area (Å²) in [5.41, 5.74) is 1.49. The number of carbonyl (C=O) groups excluding carboxylic acids is 2. The highest BCUT2D eigenvalue weighted by atomic mass is 19.4. The first-order valence-electron chi connectivity index (χ1n) is 9.79. The number of halogens is 3. The van der Waals surface area contributed by atoms with E-state index in [1.807, 2.05) is 0 Å². The number of aliphatic hydroxyl groups is 1. The highest BCUT2D eigenvalue weighted by Gasteiger charge is 2.40. The van der Waals surface area contributed by atoms with Crippen molar-refractivity contribution < 1.29 is 27.9 Å². The quantitative estimate of drug-likeness (QED) is 0.388. The monoisotopic (exact) mass is 455 g/mol. The summed E-state index contributed by atoms with van der Waals surface area (Å²) in [7, 11) is 0. The maximum Gasteiger partial charge on any atom is 0.471 e. The second-order valence-electron chi connectivity index (χ2n) is 7.11. The third-order valence-electron chi connectivity index (χ3n) is 4.83. The zero-order valence-corrected chi connectivity index (χ0v) is 17.4. The van der Waals surface area contributed by atoms with Gasteiger partial charge >= 0.3 is 12.1 Å². The van der Waals surface area contributed by atoms with Crippen molar-refractivity contribution in [3.63, 3.8) is 0 Å². The van der Waals surface area contributed by atoms with Gasteiger partial charge < -0.3 is 10.4 Å². The van der Waals surface area contributed by atoms with E-state index in [4.69, 9.17) is 0 Å². The van der Waals surface area contributed by atoms with E-state index in [0.29, 0.717) is 16.7 Å². The molecule has 0 atom stereocenters. The van der Waals surface area contributed by atoms with Crippen LogP contribution in [-0.2, 0) is 15.2 Å². The topological polar surface area (TPSA) is 90.8 Å². The van der Waals surface area contributed by atoms with Crippen molar-refractivity contribution in [3.05, 3.63) is 102 Å². The summed E-state index contributed by atoms with van der Waals surface area (Å²) in [4.78, 5) is 24.2. The molecule has 170 valence electrons. The first-order chi connectivity index (χ1) is 15.6. The van der Waals surface area contributed by atoms with E-state index < -0.39 is 23.6 Å². The molecule has 0 radical (unpaired) electrons. The smallest absolute Gasteiger partial charge is 0.372 e. The maximum absolute atomic E-state index is 13.1. The number of nitrogens with zero attached hydrogens (tertiary/aromatic N) is 1. The lowest BCUT2D eigenvalue weighted by molar-refractivity contribution is -0.167. The summed E-state index contributed by atoms with van der Waals surface area (Å²) in [5, 5.41) is 17.2. The Balaban J connectivity index is 1.85. The maximum atomic E-state index is 13.1. The Morgan fingerprint density at radius 2 is 1.36 bits per heavy atom. The lowest BCUT2D eigenvalue weighted by Crippen LogP contribution is -2.43. The van der Waals surface area contributed by atoms with Gasteiger partial charge in [0, 0.05) is 5.69 Å². The molecule has 9 heteroatoms. The van der Waals surface area contributed by atoms with E-state index >= 15 is 0 Å². The molecule has 3 aromatic carbocycles. The molecule has 0 heterocycles. The van der Waals surface area contributed by atoms with Gasteiger partial charge in [-0.1, -0.05) is 72.8 Å². The van der Waals surface area contributed by atoms with E-state index in [0.717, 1.165) is 0 Å². The van der Waals surface area contributed by atoms with Crippen LogP contribution in [0, 0.1) is 0 Å². The number of anilines is 1. The van der Waals surface area contributed by atoms with Crippen LogP contribution >= 0.6 is 0 Å². The van der Waals surface area contributed by atoms with E-state index in [-0.39, 0.29) is 11.4 Å². The predicted octanol–water partition coefficient (Wildman–Crippen LogP) is 3.96. The Bertz CT molecular complexity index is 1120. The fraction of sp³-hybridized carbons (Fsp3) is 0.125. The van der Waals surface area contributed by atoms with Crippen LogP contribution in [0.15, 0.2) is 90.0 Å². The summed E-state index contributed by atoms with van der Waals surface area (Å²) in [6, 6.07) is 22.2. The van der Waals surface area contributed by atoms with E-state index in [9.17, 15) is 27.9 Å². The molecule has 3 N–H and O–H groups in total. The molecule has 33 heavy (non-hydrogen) atoms. The Morgan fingerprint density at radius 1 is 0.818 bits per heavy atom. The number of alkyl halides is 3. The number of benzene rings is 3. The minimum atomic E-state index is -5.02. The van der Waals surface area contributed by atoms with Gasteiger partial charge in [0.25, 0.3) is 5.91 Å². The second kappa shape index (κ2) is 9.66. The van der Waals surface area contributed by atoms with Crippen molar-refractivity contribution in [2.45, 2.75) is 18.7 Å². The summed E-state index contributed by atoms with van der Waals surface area (Å²) in [6.45, 7) is 1.52. The molecule has 0 saturated heterocycles. The molecule has 0 spiro atoms. The fourth-order valence-electron chi connectivity index (χ4n) is 3.09. The molecule has 3 aromatic rings. The van der Waals surface area contributed by atoms with Crippen molar-refractivity contribution in [1.29, 1.82) is 0 Å². The van der Waals surface area contributed by atoms with Crippen LogP contribution in [-0.4, -0.2) is 28.8 Å². The van der Waals surface area contributed by atoms with Gasteiger partial charge in [0.1, 0.15) is 0 Å². The minimum absolute atomic E-state index is 0.0826. The molecule has 3 rings (SSSR count). The molecule has 0 aliphatic heterocycles. The van der Waals surface area contributed by atoms with E-state index in [2.05, 4.69) is 10.5 Å². The first-order valence-corrected chi connectivity index (χ1v) is 9.79. The molecule has 0 bridgehead atoms. The molecular formula is C24H20F3N3O3. The Morgan fingerprint density at radius 3 is 1.88 bits per heavy atom. The third kappa shape index (κ3) is 5.45. The molecule has 0 aromatic heterocycles. The largest absolute Gasteiger partial charge is 0.471 e. The summed E-state index contributed by atoms with van der Waals surface area (Å²) < 4.78 is 37.5. The molecule has 2 amide bonds. The van der Waals surface area contributed by atoms with E-state index in [1.165, 1.54) is 25.1 Å². The van der Waals surface area contributed by atoms with E-state index in [1.54, 1.807) is 72.0 Å². The molecule has 6 nitrogen and oxygen atoms in total. The highest BCUT2D eigenvalue weighted by molar-refractivity contribution is 6.02. The second-order valence-corrected chi connectivity index (χ2v) is 7.11. The van der Waals surface area contributed by atoms with Crippen molar-refractivity contribution >= 4 is 23.2 Å². The van der Waals surface area contributed by atoms with Crippen LogP contribution in [0.1, 0.15) is 23.6 Å². The lowest BCUT2D eigenvalue weighted by atomic mass is 9.85. The standard InChI is InChI=1S/C24H20F3N3O3/c1-16(17-9-8-14-20(15-17)28-22(32)24(25,26)27)29-30-21(31)23(33,18-10-4-2-5-11-18)19-12-6-3-7-13-19/h2-15,33H,1H3,(H,28,32)(H,30,31). The van der Waals surface area contributed by atoms with Crippen LogP contribution in [0.2, 0.25) is 0 Å².